The summed E-state index contributed by atoms with van der Waals surface area (Å²) in [6.45, 7) is 1.36. The van der Waals surface area contributed by atoms with E-state index in [-0.39, 0.29) is 24.6 Å². The number of hydrogen-bond donors (Lipinski definition) is 2. The summed E-state index contributed by atoms with van der Waals surface area (Å²) in [6, 6.07) is 9.68. The maximum absolute atomic E-state index is 12.5. The number of carbonyl (C=O) groups is 3. The first-order chi connectivity index (χ1) is 13.4. The predicted octanol–water partition coefficient (Wildman–Crippen LogP) is 2.23. The summed E-state index contributed by atoms with van der Waals surface area (Å²) < 4.78 is 0. The van der Waals surface area contributed by atoms with Crippen LogP contribution in [0.15, 0.2) is 47.0 Å². The maximum Gasteiger partial charge on any atom is 0.405 e. The monoisotopic (exact) mass is 381 g/mol. The smallest absolute Gasteiger partial charge is 0.405 e. The summed E-state index contributed by atoms with van der Waals surface area (Å²) in [7, 11) is 0. The molecule has 28 heavy (non-hydrogen) atoms. The molecule has 2 atom stereocenters. The van der Waals surface area contributed by atoms with Crippen LogP contribution >= 0.6 is 0 Å². The molecule has 2 aliphatic heterocycles. The number of nitrogens with two attached hydrogens (primary N) is 1. The van der Waals surface area contributed by atoms with Crippen molar-refractivity contribution >= 4 is 30.5 Å². The van der Waals surface area contributed by atoms with Gasteiger partial charge in [-0.2, -0.15) is 0 Å². The Morgan fingerprint density at radius 3 is 2.61 bits per heavy atom. The van der Waals surface area contributed by atoms with Gasteiger partial charge in [0.15, 0.2) is 0 Å². The van der Waals surface area contributed by atoms with Crippen LogP contribution in [0.3, 0.4) is 0 Å². The minimum absolute atomic E-state index is 0.0213. The SMILES string of the molecule is CCC(B1N=C(c2ccccc2)C=C2CCC(=O)N12)[C@@H](CCC(=O)O)C(N)=O. The van der Waals surface area contributed by atoms with Gasteiger partial charge in [0.05, 0.1) is 5.71 Å². The Hall–Kier alpha value is -2.90. The maximum atomic E-state index is 12.5. The van der Waals surface area contributed by atoms with Gasteiger partial charge in [-0.25, -0.2) is 0 Å². The van der Waals surface area contributed by atoms with Gasteiger partial charge in [0.2, 0.25) is 11.8 Å². The van der Waals surface area contributed by atoms with Gasteiger partial charge in [-0.1, -0.05) is 43.7 Å². The van der Waals surface area contributed by atoms with Crippen LogP contribution in [0, 0.1) is 5.92 Å². The van der Waals surface area contributed by atoms with Crippen LogP contribution in [-0.2, 0) is 14.4 Å². The van der Waals surface area contributed by atoms with Crippen molar-refractivity contribution in [1.82, 2.24) is 4.81 Å². The van der Waals surface area contributed by atoms with Gasteiger partial charge >= 0.3 is 13.0 Å². The number of allylic oxidation sites excluding steroid dienone is 2. The third-order valence-corrected chi connectivity index (χ3v) is 5.49. The van der Waals surface area contributed by atoms with E-state index in [2.05, 4.69) is 0 Å². The van der Waals surface area contributed by atoms with Crippen LogP contribution in [-0.4, -0.2) is 40.4 Å². The molecule has 2 amide bonds. The topological polar surface area (TPSA) is 113 Å². The number of carboxylic acids is 1. The molecule has 1 aromatic carbocycles. The second kappa shape index (κ2) is 8.41. The standard InChI is InChI=1S/C20H24BN3O4/c1-2-16(15(20(22)28)9-11-19(26)27)21-23-17(13-6-4-3-5-7-13)12-14-8-10-18(25)24(14)21/h3-7,12,15-16H,2,8-11H2,1H3,(H2,22,28)(H,26,27)/t15-,16?/m1/s1. The largest absolute Gasteiger partial charge is 0.481 e. The molecule has 7 nitrogen and oxygen atoms in total. The van der Waals surface area contributed by atoms with E-state index in [1.807, 2.05) is 43.3 Å². The first-order valence-electron chi connectivity index (χ1n) is 9.59. The molecular formula is C20H24BN3O4. The molecule has 0 aromatic heterocycles. The summed E-state index contributed by atoms with van der Waals surface area (Å²) >= 11 is 0. The zero-order chi connectivity index (χ0) is 20.3. The molecule has 8 heteroatoms. The number of nitrogens with zero attached hydrogens (tertiary/aromatic N) is 2. The molecule has 1 fully saturated rings. The zero-order valence-electron chi connectivity index (χ0n) is 15.9. The summed E-state index contributed by atoms with van der Waals surface area (Å²) in [4.78, 5) is 42.2. The van der Waals surface area contributed by atoms with Gasteiger partial charge in [-0.3, -0.25) is 14.4 Å². The first kappa shape index (κ1) is 19.9. The van der Waals surface area contributed by atoms with Crippen molar-refractivity contribution in [3.63, 3.8) is 0 Å². The second-order valence-electron chi connectivity index (χ2n) is 7.21. The van der Waals surface area contributed by atoms with Crippen LogP contribution in [0.5, 0.6) is 0 Å². The number of primary amides is 1. The molecular weight excluding hydrogens is 357 g/mol. The fourth-order valence-corrected chi connectivity index (χ4v) is 4.09. The van der Waals surface area contributed by atoms with E-state index < -0.39 is 24.8 Å². The molecule has 0 spiro atoms. The number of fused-ring (bicyclic) bond motifs is 1. The Kier molecular flexibility index (Phi) is 5.97. The quantitative estimate of drug-likeness (QED) is 0.672. The van der Waals surface area contributed by atoms with E-state index >= 15 is 0 Å². The predicted molar refractivity (Wildman–Crippen MR) is 106 cm³/mol. The number of carboxylic acid groups (broad SMARTS) is 1. The van der Waals surface area contributed by atoms with Crippen molar-refractivity contribution < 1.29 is 19.5 Å². The fraction of sp³-hybridized carbons (Fsp3) is 0.400. The van der Waals surface area contributed by atoms with Crippen molar-refractivity contribution in [3.05, 3.63) is 47.7 Å². The Morgan fingerprint density at radius 1 is 1.29 bits per heavy atom. The molecule has 1 unspecified atom stereocenters. The second-order valence-corrected chi connectivity index (χ2v) is 7.21. The average Bonchev–Trinajstić information content (AvgIpc) is 3.06. The lowest BCUT2D eigenvalue weighted by molar-refractivity contribution is -0.137. The highest BCUT2D eigenvalue weighted by Crippen LogP contribution is 2.38. The molecule has 1 saturated heterocycles. The highest BCUT2D eigenvalue weighted by Gasteiger charge is 2.46. The number of hydrogen-bond acceptors (Lipinski definition) is 4. The minimum atomic E-state index is -0.976. The highest BCUT2D eigenvalue weighted by molar-refractivity contribution is 6.62. The van der Waals surface area contributed by atoms with Gasteiger partial charge in [0, 0.05) is 24.5 Å². The number of aliphatic carboxylic acids is 1. The molecule has 0 saturated carbocycles. The van der Waals surface area contributed by atoms with Gasteiger partial charge < -0.3 is 20.6 Å². The third kappa shape index (κ3) is 4.00. The molecule has 3 N–H and O–H groups in total. The first-order valence-corrected chi connectivity index (χ1v) is 9.59. The van der Waals surface area contributed by atoms with Crippen LogP contribution in [0.2, 0.25) is 5.82 Å². The van der Waals surface area contributed by atoms with Crippen molar-refractivity contribution in [1.29, 1.82) is 0 Å². The summed E-state index contributed by atoms with van der Waals surface area (Å²) in [6.07, 6.45) is 3.51. The normalized spacial score (nSPS) is 18.2. The lowest BCUT2D eigenvalue weighted by Gasteiger charge is -2.35. The molecule has 0 bridgehead atoms. The molecule has 0 aliphatic carbocycles. The summed E-state index contributed by atoms with van der Waals surface area (Å²) in [5, 5.41) is 9.04. The van der Waals surface area contributed by atoms with Crippen LogP contribution in [0.1, 0.15) is 44.6 Å². The van der Waals surface area contributed by atoms with Crippen LogP contribution in [0.4, 0.5) is 0 Å². The van der Waals surface area contributed by atoms with Gasteiger partial charge in [0.1, 0.15) is 0 Å². The van der Waals surface area contributed by atoms with Crippen molar-refractivity contribution in [2.45, 2.75) is 44.8 Å². The number of amides is 2. The average molecular weight is 381 g/mol. The minimum Gasteiger partial charge on any atom is -0.481 e. The van der Waals surface area contributed by atoms with Gasteiger partial charge in [-0.05, 0) is 30.3 Å². The Balaban J connectivity index is 2.00. The van der Waals surface area contributed by atoms with E-state index in [1.54, 1.807) is 4.81 Å². The number of carbonyl (C=O) groups excluding carboxylic acids is 2. The van der Waals surface area contributed by atoms with E-state index in [1.165, 1.54) is 0 Å². The molecule has 0 radical (unpaired) electrons. The lowest BCUT2D eigenvalue weighted by Crippen LogP contribution is -2.48. The van der Waals surface area contributed by atoms with E-state index in [4.69, 9.17) is 15.7 Å². The highest BCUT2D eigenvalue weighted by atomic mass is 16.4. The third-order valence-electron chi connectivity index (χ3n) is 5.49. The fourth-order valence-electron chi connectivity index (χ4n) is 4.09. The molecule has 146 valence electrons. The summed E-state index contributed by atoms with van der Waals surface area (Å²) in [5.41, 5.74) is 8.23. The Bertz CT molecular complexity index is 837. The lowest BCUT2D eigenvalue weighted by atomic mass is 9.53. The van der Waals surface area contributed by atoms with Crippen molar-refractivity contribution in [2.75, 3.05) is 0 Å². The molecule has 2 heterocycles. The van der Waals surface area contributed by atoms with Crippen LogP contribution in [0.25, 0.3) is 0 Å². The number of benzene rings is 1. The van der Waals surface area contributed by atoms with Crippen LogP contribution < -0.4 is 5.73 Å². The molecule has 1 aromatic rings. The molecule has 2 aliphatic rings. The summed E-state index contributed by atoms with van der Waals surface area (Å²) in [5.74, 6) is -2.56. The van der Waals surface area contributed by atoms with E-state index in [0.717, 1.165) is 17.0 Å². The van der Waals surface area contributed by atoms with Crippen molar-refractivity contribution in [2.24, 2.45) is 16.6 Å². The zero-order valence-corrected chi connectivity index (χ0v) is 15.9. The number of rotatable bonds is 8. The van der Waals surface area contributed by atoms with Gasteiger partial charge in [-0.15, -0.1) is 0 Å². The van der Waals surface area contributed by atoms with Gasteiger partial charge in [0.25, 0.3) is 0 Å². The van der Waals surface area contributed by atoms with Crippen molar-refractivity contribution in [3.8, 4) is 0 Å². The Morgan fingerprint density at radius 2 is 2.00 bits per heavy atom. The Labute approximate surface area is 164 Å². The van der Waals surface area contributed by atoms with E-state index in [9.17, 15) is 14.4 Å². The molecule has 3 rings (SSSR count). The van der Waals surface area contributed by atoms with E-state index in [0.29, 0.717) is 19.3 Å².